The zero-order chi connectivity index (χ0) is 12.3. The summed E-state index contributed by atoms with van der Waals surface area (Å²) in [4.78, 5) is 15.1. The molecule has 1 aromatic rings. The van der Waals surface area contributed by atoms with E-state index in [1.807, 2.05) is 24.3 Å². The number of hydrogen-bond donors (Lipinski definition) is 1. The van der Waals surface area contributed by atoms with Crippen LogP contribution in [0.1, 0.15) is 0 Å². The molecular weight excluding hydrogens is 240 g/mol. The topological polar surface area (TPSA) is 43.8 Å². The van der Waals surface area contributed by atoms with Gasteiger partial charge in [-0.15, -0.1) is 0 Å². The second kappa shape index (κ2) is 5.38. The van der Waals surface area contributed by atoms with Gasteiger partial charge in [0.05, 0.1) is 10.7 Å². The number of hydrogen-bond acceptors (Lipinski definition) is 3. The van der Waals surface area contributed by atoms with Gasteiger partial charge in [-0.3, -0.25) is 4.79 Å². The molecule has 1 aliphatic rings. The van der Waals surface area contributed by atoms with Gasteiger partial charge in [-0.05, 0) is 12.1 Å². The molecule has 92 valence electrons. The number of nitrogens with zero attached hydrogens (tertiary/aromatic N) is 2. The molecule has 1 fully saturated rings. The molecule has 0 unspecified atom stereocenters. The van der Waals surface area contributed by atoms with E-state index in [1.165, 1.54) is 0 Å². The second-order valence-corrected chi connectivity index (χ2v) is 4.38. The van der Waals surface area contributed by atoms with E-state index in [-0.39, 0.29) is 5.91 Å². The molecule has 0 atom stereocenters. The lowest BCUT2D eigenvalue weighted by Gasteiger charge is -2.36. The lowest BCUT2D eigenvalue weighted by atomic mass is 10.2. The van der Waals surface area contributed by atoms with Gasteiger partial charge in [-0.25, -0.2) is 0 Å². The van der Waals surface area contributed by atoms with Crippen molar-refractivity contribution in [2.75, 3.05) is 37.7 Å². The smallest absolute Gasteiger partial charge is 0.248 e. The minimum atomic E-state index is -0.411. The van der Waals surface area contributed by atoms with Gasteiger partial charge in [0.1, 0.15) is 6.61 Å². The largest absolute Gasteiger partial charge is 0.387 e. The van der Waals surface area contributed by atoms with E-state index in [9.17, 15) is 4.79 Å². The minimum absolute atomic E-state index is 0.205. The molecule has 2 rings (SSSR count). The van der Waals surface area contributed by atoms with E-state index >= 15 is 0 Å². The monoisotopic (exact) mass is 254 g/mol. The molecule has 0 radical (unpaired) electrons. The van der Waals surface area contributed by atoms with Gasteiger partial charge in [0, 0.05) is 26.2 Å². The molecule has 0 spiro atoms. The van der Waals surface area contributed by atoms with Gasteiger partial charge in [0.2, 0.25) is 5.91 Å². The zero-order valence-corrected chi connectivity index (χ0v) is 10.2. The van der Waals surface area contributed by atoms with Crippen LogP contribution in [0, 0.1) is 0 Å². The first-order chi connectivity index (χ1) is 8.22. The average Bonchev–Trinajstić information content (AvgIpc) is 2.39. The molecular formula is C12H15ClN2O2. The first kappa shape index (κ1) is 12.2. The number of benzene rings is 1. The molecule has 0 aromatic heterocycles. The third kappa shape index (κ3) is 2.70. The summed E-state index contributed by atoms with van der Waals surface area (Å²) in [5.41, 5.74) is 1.00. The van der Waals surface area contributed by atoms with Crippen molar-refractivity contribution in [2.24, 2.45) is 0 Å². The lowest BCUT2D eigenvalue weighted by molar-refractivity contribution is -0.134. The number of carbonyl (C=O) groups excluding carboxylic acids is 1. The van der Waals surface area contributed by atoms with E-state index in [2.05, 4.69) is 4.90 Å². The Morgan fingerprint density at radius 2 is 1.88 bits per heavy atom. The van der Waals surface area contributed by atoms with Crippen LogP contribution in [0.25, 0.3) is 0 Å². The molecule has 1 saturated heterocycles. The summed E-state index contributed by atoms with van der Waals surface area (Å²) in [7, 11) is 0. The fourth-order valence-corrected chi connectivity index (χ4v) is 2.26. The third-order valence-electron chi connectivity index (χ3n) is 2.96. The fraction of sp³-hybridized carbons (Fsp3) is 0.417. The number of rotatable bonds is 2. The minimum Gasteiger partial charge on any atom is -0.387 e. The summed E-state index contributed by atoms with van der Waals surface area (Å²) in [5.74, 6) is -0.205. The SMILES string of the molecule is O=C(CO)N1CCN(c2ccccc2Cl)CC1. The van der Waals surface area contributed by atoms with Gasteiger partial charge in [-0.2, -0.15) is 0 Å². The van der Waals surface area contributed by atoms with Crippen molar-refractivity contribution in [1.82, 2.24) is 4.90 Å². The molecule has 5 heteroatoms. The number of anilines is 1. The van der Waals surface area contributed by atoms with Crippen LogP contribution in [-0.2, 0) is 4.79 Å². The Labute approximate surface area is 105 Å². The summed E-state index contributed by atoms with van der Waals surface area (Å²) in [6, 6.07) is 7.69. The average molecular weight is 255 g/mol. The Kier molecular flexibility index (Phi) is 3.86. The highest BCUT2D eigenvalue weighted by Gasteiger charge is 2.21. The Hall–Kier alpha value is -1.26. The first-order valence-electron chi connectivity index (χ1n) is 5.60. The number of aliphatic hydroxyl groups excluding tert-OH is 1. The van der Waals surface area contributed by atoms with Crippen LogP contribution < -0.4 is 4.90 Å². The van der Waals surface area contributed by atoms with Crippen molar-refractivity contribution in [3.63, 3.8) is 0 Å². The van der Waals surface area contributed by atoms with Gasteiger partial charge >= 0.3 is 0 Å². The van der Waals surface area contributed by atoms with E-state index in [1.54, 1.807) is 4.90 Å². The molecule has 1 amide bonds. The van der Waals surface area contributed by atoms with Gasteiger partial charge in [-0.1, -0.05) is 23.7 Å². The Balaban J connectivity index is 2.00. The summed E-state index contributed by atoms with van der Waals surface area (Å²) in [6.07, 6.45) is 0. The highest BCUT2D eigenvalue weighted by molar-refractivity contribution is 6.33. The normalized spacial score (nSPS) is 16.1. The molecule has 1 N–H and O–H groups in total. The van der Waals surface area contributed by atoms with Crippen molar-refractivity contribution in [2.45, 2.75) is 0 Å². The van der Waals surface area contributed by atoms with E-state index in [0.717, 1.165) is 23.8 Å². The van der Waals surface area contributed by atoms with Gasteiger partial charge in [0.15, 0.2) is 0 Å². The Bertz CT molecular complexity index is 403. The molecule has 0 aliphatic carbocycles. The highest BCUT2D eigenvalue weighted by atomic mass is 35.5. The number of halogens is 1. The first-order valence-corrected chi connectivity index (χ1v) is 5.98. The molecule has 0 saturated carbocycles. The molecule has 1 heterocycles. The molecule has 0 bridgehead atoms. The van der Waals surface area contributed by atoms with E-state index in [4.69, 9.17) is 16.7 Å². The summed E-state index contributed by atoms with van der Waals surface area (Å²) in [5, 5.41) is 9.52. The maximum absolute atomic E-state index is 11.3. The van der Waals surface area contributed by atoms with Crippen LogP contribution in [-0.4, -0.2) is 48.7 Å². The number of carbonyl (C=O) groups is 1. The number of amides is 1. The maximum atomic E-state index is 11.3. The third-order valence-corrected chi connectivity index (χ3v) is 3.28. The standard InChI is InChI=1S/C12H15ClN2O2/c13-10-3-1-2-4-11(10)14-5-7-15(8-6-14)12(17)9-16/h1-4,16H,5-9H2. The zero-order valence-electron chi connectivity index (χ0n) is 9.47. The quantitative estimate of drug-likeness (QED) is 0.856. The van der Waals surface area contributed by atoms with Crippen LogP contribution >= 0.6 is 11.6 Å². The van der Waals surface area contributed by atoms with Crippen molar-refractivity contribution >= 4 is 23.2 Å². The maximum Gasteiger partial charge on any atom is 0.248 e. The van der Waals surface area contributed by atoms with Crippen LogP contribution in [0.15, 0.2) is 24.3 Å². The van der Waals surface area contributed by atoms with Crippen molar-refractivity contribution in [1.29, 1.82) is 0 Å². The molecule has 17 heavy (non-hydrogen) atoms. The predicted molar refractivity (Wildman–Crippen MR) is 67.3 cm³/mol. The van der Waals surface area contributed by atoms with Crippen LogP contribution in [0.4, 0.5) is 5.69 Å². The number of piperazine rings is 1. The Morgan fingerprint density at radius 3 is 2.47 bits per heavy atom. The lowest BCUT2D eigenvalue weighted by Crippen LogP contribution is -2.49. The fourth-order valence-electron chi connectivity index (χ4n) is 2.00. The highest BCUT2D eigenvalue weighted by Crippen LogP contribution is 2.25. The van der Waals surface area contributed by atoms with Crippen LogP contribution in [0.5, 0.6) is 0 Å². The molecule has 4 nitrogen and oxygen atoms in total. The summed E-state index contributed by atoms with van der Waals surface area (Å²) in [6.45, 7) is 2.34. The van der Waals surface area contributed by atoms with Crippen LogP contribution in [0.3, 0.4) is 0 Å². The summed E-state index contributed by atoms with van der Waals surface area (Å²) >= 11 is 6.12. The summed E-state index contributed by atoms with van der Waals surface area (Å²) < 4.78 is 0. The number of para-hydroxylation sites is 1. The van der Waals surface area contributed by atoms with Crippen molar-refractivity contribution in [3.05, 3.63) is 29.3 Å². The van der Waals surface area contributed by atoms with E-state index in [0.29, 0.717) is 13.1 Å². The number of aliphatic hydroxyl groups is 1. The second-order valence-electron chi connectivity index (χ2n) is 3.98. The molecule has 1 aliphatic heterocycles. The van der Waals surface area contributed by atoms with E-state index < -0.39 is 6.61 Å². The Morgan fingerprint density at radius 1 is 1.24 bits per heavy atom. The predicted octanol–water partition coefficient (Wildman–Crippen LogP) is 0.981. The van der Waals surface area contributed by atoms with Crippen molar-refractivity contribution < 1.29 is 9.90 Å². The van der Waals surface area contributed by atoms with Gasteiger partial charge < -0.3 is 14.9 Å². The van der Waals surface area contributed by atoms with Crippen LogP contribution in [0.2, 0.25) is 5.02 Å². The van der Waals surface area contributed by atoms with Gasteiger partial charge in [0.25, 0.3) is 0 Å². The van der Waals surface area contributed by atoms with Crippen molar-refractivity contribution in [3.8, 4) is 0 Å². The molecule has 1 aromatic carbocycles.